The predicted molar refractivity (Wildman–Crippen MR) is 94.5 cm³/mol. The number of ether oxygens (including phenoxy) is 1. The van der Waals surface area contributed by atoms with Gasteiger partial charge in [-0.05, 0) is 45.2 Å². The lowest BCUT2D eigenvalue weighted by Gasteiger charge is -2.32. The summed E-state index contributed by atoms with van der Waals surface area (Å²) >= 11 is 5.76. The quantitative estimate of drug-likeness (QED) is 0.828. The van der Waals surface area contributed by atoms with Gasteiger partial charge in [0.05, 0.1) is 0 Å². The highest BCUT2D eigenvalue weighted by molar-refractivity contribution is 6.30. The fourth-order valence-electron chi connectivity index (χ4n) is 2.78. The number of rotatable bonds is 5. The summed E-state index contributed by atoms with van der Waals surface area (Å²) in [6, 6.07) is 5.99. The number of hydrogen-bond acceptors (Lipinski definition) is 3. The van der Waals surface area contributed by atoms with Gasteiger partial charge in [-0.2, -0.15) is 0 Å². The van der Waals surface area contributed by atoms with Crippen LogP contribution in [0.4, 0.5) is 0 Å². The number of likely N-dealkylation sites (tertiary alicyclic amines) is 1. The molecule has 0 aromatic heterocycles. The molecule has 1 aliphatic heterocycles. The zero-order valence-corrected chi connectivity index (χ0v) is 15.2. The minimum Gasteiger partial charge on any atom is -0.484 e. The number of hydrogen-bond donors (Lipinski definition) is 1. The lowest BCUT2D eigenvalue weighted by Crippen LogP contribution is -2.48. The van der Waals surface area contributed by atoms with E-state index < -0.39 is 5.38 Å². The molecule has 0 aliphatic carbocycles. The zero-order valence-electron chi connectivity index (χ0n) is 14.5. The molecule has 0 radical (unpaired) electrons. The molecule has 0 saturated carbocycles. The Hall–Kier alpha value is -1.75. The lowest BCUT2D eigenvalue weighted by molar-refractivity contribution is -0.134. The van der Waals surface area contributed by atoms with Crippen LogP contribution in [-0.4, -0.2) is 47.8 Å². The van der Waals surface area contributed by atoms with Gasteiger partial charge in [-0.3, -0.25) is 9.59 Å². The second kappa shape index (κ2) is 8.38. The van der Waals surface area contributed by atoms with Crippen molar-refractivity contribution in [3.05, 3.63) is 29.3 Å². The smallest absolute Gasteiger partial charge is 0.260 e. The number of aryl methyl sites for hydroxylation is 2. The molecule has 132 valence electrons. The third-order valence-corrected chi connectivity index (χ3v) is 4.44. The lowest BCUT2D eigenvalue weighted by atomic mass is 10.0. The molecular weight excluding hydrogens is 328 g/mol. The molecule has 0 bridgehead atoms. The van der Waals surface area contributed by atoms with Gasteiger partial charge in [-0.15, -0.1) is 11.6 Å². The highest BCUT2D eigenvalue weighted by Crippen LogP contribution is 2.19. The summed E-state index contributed by atoms with van der Waals surface area (Å²) < 4.78 is 5.65. The van der Waals surface area contributed by atoms with Gasteiger partial charge in [0.15, 0.2) is 6.61 Å². The Morgan fingerprint density at radius 3 is 2.58 bits per heavy atom. The van der Waals surface area contributed by atoms with Gasteiger partial charge < -0.3 is 15.0 Å². The number of alkyl halides is 1. The Bertz CT molecular complexity index is 596. The monoisotopic (exact) mass is 352 g/mol. The van der Waals surface area contributed by atoms with Crippen LogP contribution in [0.15, 0.2) is 18.2 Å². The van der Waals surface area contributed by atoms with Crippen LogP contribution in [0, 0.1) is 13.8 Å². The van der Waals surface area contributed by atoms with E-state index in [1.807, 2.05) is 32.0 Å². The summed E-state index contributed by atoms with van der Waals surface area (Å²) in [4.78, 5) is 25.7. The Labute approximate surface area is 148 Å². The standard InChI is InChI=1S/C18H25ClN2O3/c1-12-4-5-16(13(2)10-12)24-11-17(22)21-8-6-15(7-9-21)20-18(23)14(3)19/h4-5,10,14-15H,6-9,11H2,1-3H3,(H,20,23). The van der Waals surface area contributed by atoms with Crippen molar-refractivity contribution >= 4 is 23.4 Å². The van der Waals surface area contributed by atoms with Crippen molar-refractivity contribution < 1.29 is 14.3 Å². The van der Waals surface area contributed by atoms with E-state index in [0.717, 1.165) is 24.2 Å². The maximum absolute atomic E-state index is 12.3. The van der Waals surface area contributed by atoms with Crippen molar-refractivity contribution in [2.24, 2.45) is 0 Å². The summed E-state index contributed by atoms with van der Waals surface area (Å²) in [5.74, 6) is 0.567. The molecule has 1 aliphatic rings. The number of nitrogens with one attached hydrogen (secondary N) is 1. The van der Waals surface area contributed by atoms with Crippen molar-refractivity contribution in [1.82, 2.24) is 10.2 Å². The second-order valence-electron chi connectivity index (χ2n) is 6.34. The molecule has 5 nitrogen and oxygen atoms in total. The molecule has 1 saturated heterocycles. The molecule has 1 aromatic carbocycles. The van der Waals surface area contributed by atoms with Crippen LogP contribution in [0.25, 0.3) is 0 Å². The van der Waals surface area contributed by atoms with Crippen molar-refractivity contribution in [3.8, 4) is 5.75 Å². The van der Waals surface area contributed by atoms with Gasteiger partial charge in [0.1, 0.15) is 11.1 Å². The number of halogens is 1. The maximum atomic E-state index is 12.3. The van der Waals surface area contributed by atoms with E-state index in [-0.39, 0.29) is 24.5 Å². The van der Waals surface area contributed by atoms with Gasteiger partial charge in [0.2, 0.25) is 5.91 Å². The normalized spacial score (nSPS) is 16.6. The number of benzene rings is 1. The Balaban J connectivity index is 1.77. The number of carbonyl (C=O) groups is 2. The first-order chi connectivity index (χ1) is 11.4. The molecule has 0 spiro atoms. The van der Waals surface area contributed by atoms with E-state index in [1.54, 1.807) is 11.8 Å². The van der Waals surface area contributed by atoms with Crippen LogP contribution in [0.3, 0.4) is 0 Å². The van der Waals surface area contributed by atoms with Crippen molar-refractivity contribution in [2.75, 3.05) is 19.7 Å². The van der Waals surface area contributed by atoms with E-state index in [2.05, 4.69) is 5.32 Å². The molecule has 1 fully saturated rings. The second-order valence-corrected chi connectivity index (χ2v) is 6.99. The number of carbonyl (C=O) groups excluding carboxylic acids is 2. The van der Waals surface area contributed by atoms with E-state index in [9.17, 15) is 9.59 Å². The first-order valence-corrected chi connectivity index (χ1v) is 8.72. The Morgan fingerprint density at radius 1 is 1.33 bits per heavy atom. The minimum absolute atomic E-state index is 0.0227. The first kappa shape index (κ1) is 18.6. The van der Waals surface area contributed by atoms with Gasteiger partial charge in [0.25, 0.3) is 5.91 Å². The molecule has 1 N–H and O–H groups in total. The fraction of sp³-hybridized carbons (Fsp3) is 0.556. The van der Waals surface area contributed by atoms with E-state index in [0.29, 0.717) is 13.1 Å². The molecule has 1 unspecified atom stereocenters. The van der Waals surface area contributed by atoms with Crippen molar-refractivity contribution in [2.45, 2.75) is 45.0 Å². The van der Waals surface area contributed by atoms with Crippen LogP contribution < -0.4 is 10.1 Å². The molecule has 1 atom stereocenters. The van der Waals surface area contributed by atoms with Crippen molar-refractivity contribution in [3.63, 3.8) is 0 Å². The average Bonchev–Trinajstić information content (AvgIpc) is 2.54. The van der Waals surface area contributed by atoms with Gasteiger partial charge in [-0.25, -0.2) is 0 Å². The van der Waals surface area contributed by atoms with Gasteiger partial charge >= 0.3 is 0 Å². The van der Waals surface area contributed by atoms with Gasteiger partial charge in [-0.1, -0.05) is 17.7 Å². The summed E-state index contributed by atoms with van der Waals surface area (Å²) in [5, 5.41) is 2.38. The number of nitrogens with zero attached hydrogens (tertiary/aromatic N) is 1. The fourth-order valence-corrected chi connectivity index (χ4v) is 2.84. The van der Waals surface area contributed by atoms with E-state index in [1.165, 1.54) is 5.56 Å². The van der Waals surface area contributed by atoms with Crippen LogP contribution in [-0.2, 0) is 9.59 Å². The summed E-state index contributed by atoms with van der Waals surface area (Å²) in [5.41, 5.74) is 2.20. The molecule has 1 heterocycles. The third kappa shape index (κ3) is 5.13. The molecule has 1 aromatic rings. The van der Waals surface area contributed by atoms with Gasteiger partial charge in [0, 0.05) is 19.1 Å². The molecule has 2 rings (SSSR count). The summed E-state index contributed by atoms with van der Waals surface area (Å²) in [6.07, 6.45) is 1.48. The van der Waals surface area contributed by atoms with Crippen LogP contribution >= 0.6 is 11.6 Å². The van der Waals surface area contributed by atoms with E-state index >= 15 is 0 Å². The molecular formula is C18H25ClN2O3. The SMILES string of the molecule is Cc1ccc(OCC(=O)N2CCC(NC(=O)C(C)Cl)CC2)c(C)c1. The largest absolute Gasteiger partial charge is 0.484 e. The topological polar surface area (TPSA) is 58.6 Å². The van der Waals surface area contributed by atoms with Crippen LogP contribution in [0.1, 0.15) is 30.9 Å². The van der Waals surface area contributed by atoms with Crippen molar-refractivity contribution in [1.29, 1.82) is 0 Å². The average molecular weight is 353 g/mol. The summed E-state index contributed by atoms with van der Waals surface area (Å²) in [6.45, 7) is 6.93. The van der Waals surface area contributed by atoms with E-state index in [4.69, 9.17) is 16.3 Å². The Kier molecular flexibility index (Phi) is 6.49. The third-order valence-electron chi connectivity index (χ3n) is 4.24. The Morgan fingerprint density at radius 2 is 2.00 bits per heavy atom. The van der Waals surface area contributed by atoms with Crippen LogP contribution in [0.2, 0.25) is 0 Å². The predicted octanol–water partition coefficient (Wildman–Crippen LogP) is 2.42. The number of amides is 2. The molecule has 24 heavy (non-hydrogen) atoms. The number of piperidine rings is 1. The summed E-state index contributed by atoms with van der Waals surface area (Å²) in [7, 11) is 0. The highest BCUT2D eigenvalue weighted by Gasteiger charge is 2.25. The molecule has 2 amide bonds. The molecule has 6 heteroatoms. The zero-order chi connectivity index (χ0) is 17.7. The minimum atomic E-state index is -0.532. The maximum Gasteiger partial charge on any atom is 0.260 e. The highest BCUT2D eigenvalue weighted by atomic mass is 35.5. The first-order valence-electron chi connectivity index (χ1n) is 8.29. The van der Waals surface area contributed by atoms with Crippen LogP contribution in [0.5, 0.6) is 5.75 Å².